The van der Waals surface area contributed by atoms with E-state index in [1.165, 1.54) is 11.3 Å². The third-order valence-electron chi connectivity index (χ3n) is 2.91. The Kier molecular flexibility index (Phi) is 2.65. The van der Waals surface area contributed by atoms with Gasteiger partial charge in [-0.2, -0.15) is 0 Å². The highest BCUT2D eigenvalue weighted by atomic mass is 16.5. The summed E-state index contributed by atoms with van der Waals surface area (Å²) >= 11 is 0. The van der Waals surface area contributed by atoms with Crippen LogP contribution in [-0.2, 0) is 10.3 Å². The zero-order chi connectivity index (χ0) is 10.9. The van der Waals surface area contributed by atoms with Gasteiger partial charge in [0.25, 0.3) is 0 Å². The topological polar surface area (TPSA) is 50.5 Å². The maximum atomic E-state index is 5.56. The molecule has 15 heavy (non-hydrogen) atoms. The summed E-state index contributed by atoms with van der Waals surface area (Å²) in [5.41, 5.74) is 5.03. The van der Waals surface area contributed by atoms with E-state index in [1.807, 2.05) is 14.1 Å². The van der Waals surface area contributed by atoms with E-state index in [-0.39, 0.29) is 5.54 Å². The van der Waals surface area contributed by atoms with Crippen molar-refractivity contribution in [3.8, 4) is 0 Å². The second kappa shape index (κ2) is 3.81. The van der Waals surface area contributed by atoms with Crippen LogP contribution < -0.4 is 16.2 Å². The molecule has 0 aromatic heterocycles. The van der Waals surface area contributed by atoms with E-state index >= 15 is 0 Å². The molecular weight excluding hydrogens is 190 g/mol. The number of benzene rings is 1. The summed E-state index contributed by atoms with van der Waals surface area (Å²) in [4.78, 5) is 2.07. The van der Waals surface area contributed by atoms with Gasteiger partial charge in [0.15, 0.2) is 0 Å². The second-order valence-electron chi connectivity index (χ2n) is 4.16. The molecule has 0 spiro atoms. The van der Waals surface area contributed by atoms with E-state index in [1.54, 1.807) is 0 Å². The Hall–Kier alpha value is -1.10. The molecule has 1 heterocycles. The van der Waals surface area contributed by atoms with Crippen molar-refractivity contribution in [3.05, 3.63) is 29.8 Å². The zero-order valence-electron chi connectivity index (χ0n) is 9.16. The van der Waals surface area contributed by atoms with E-state index in [9.17, 15) is 0 Å². The fraction of sp³-hybridized carbons (Fsp3) is 0.455. The van der Waals surface area contributed by atoms with E-state index in [0.29, 0.717) is 13.2 Å². The normalized spacial score (nSPS) is 18.3. The number of nitrogens with one attached hydrogen (secondary N) is 1. The van der Waals surface area contributed by atoms with Crippen LogP contribution in [0.4, 0.5) is 5.69 Å². The maximum Gasteiger partial charge on any atom is 0.103 e. The first-order chi connectivity index (χ1) is 7.18. The molecule has 4 heteroatoms. The lowest BCUT2D eigenvalue weighted by Crippen LogP contribution is -2.60. The standard InChI is InChI=1S/C11H17N3O/c1-14(2)10-5-3-9(4-6-10)11(13-12)7-15-8-11/h3-6,13H,7-8,12H2,1-2H3. The summed E-state index contributed by atoms with van der Waals surface area (Å²) < 4.78 is 5.21. The van der Waals surface area contributed by atoms with Crippen LogP contribution in [0.1, 0.15) is 5.56 Å². The van der Waals surface area contributed by atoms with E-state index in [2.05, 4.69) is 34.6 Å². The fourth-order valence-electron chi connectivity index (χ4n) is 1.72. The lowest BCUT2D eigenvalue weighted by molar-refractivity contribution is -0.0786. The molecule has 0 unspecified atom stereocenters. The van der Waals surface area contributed by atoms with Gasteiger partial charge in [0.05, 0.1) is 13.2 Å². The summed E-state index contributed by atoms with van der Waals surface area (Å²) in [6, 6.07) is 8.37. The smallest absolute Gasteiger partial charge is 0.103 e. The molecule has 1 aliphatic rings. The zero-order valence-corrected chi connectivity index (χ0v) is 9.16. The van der Waals surface area contributed by atoms with Gasteiger partial charge >= 0.3 is 0 Å². The SMILES string of the molecule is CN(C)c1ccc(C2(NN)COC2)cc1. The molecule has 82 valence electrons. The number of hydrogen-bond donors (Lipinski definition) is 2. The van der Waals surface area contributed by atoms with Crippen molar-refractivity contribution in [2.45, 2.75) is 5.54 Å². The van der Waals surface area contributed by atoms with E-state index in [0.717, 1.165) is 0 Å². The van der Waals surface area contributed by atoms with Gasteiger partial charge in [-0.25, -0.2) is 5.43 Å². The number of rotatable bonds is 3. The van der Waals surface area contributed by atoms with Crippen LogP contribution in [0.25, 0.3) is 0 Å². The van der Waals surface area contributed by atoms with Crippen LogP contribution >= 0.6 is 0 Å². The maximum absolute atomic E-state index is 5.56. The summed E-state index contributed by atoms with van der Waals surface area (Å²) in [7, 11) is 4.05. The Morgan fingerprint density at radius 3 is 2.20 bits per heavy atom. The number of hydrogen-bond acceptors (Lipinski definition) is 4. The minimum Gasteiger partial charge on any atom is -0.378 e. The Bertz CT molecular complexity index is 325. The quantitative estimate of drug-likeness (QED) is 0.558. The molecule has 0 bridgehead atoms. The first kappa shape index (κ1) is 10.4. The van der Waals surface area contributed by atoms with E-state index in [4.69, 9.17) is 10.6 Å². The number of nitrogens with zero attached hydrogens (tertiary/aromatic N) is 1. The van der Waals surface area contributed by atoms with E-state index < -0.39 is 0 Å². The highest BCUT2D eigenvalue weighted by Gasteiger charge is 2.39. The number of hydrazine groups is 1. The van der Waals surface area contributed by atoms with Gasteiger partial charge in [-0.3, -0.25) is 5.84 Å². The van der Waals surface area contributed by atoms with Crippen LogP contribution in [0, 0.1) is 0 Å². The highest BCUT2D eigenvalue weighted by Crippen LogP contribution is 2.29. The average Bonchev–Trinajstić information content (AvgIpc) is 2.18. The number of nitrogens with two attached hydrogens (primary N) is 1. The van der Waals surface area contributed by atoms with Crippen LogP contribution in [0.5, 0.6) is 0 Å². The average molecular weight is 207 g/mol. The Balaban J connectivity index is 2.23. The van der Waals surface area contributed by atoms with Gasteiger partial charge in [0.1, 0.15) is 5.54 Å². The van der Waals surface area contributed by atoms with Gasteiger partial charge in [-0.1, -0.05) is 12.1 Å². The third-order valence-corrected chi connectivity index (χ3v) is 2.91. The minimum atomic E-state index is -0.176. The Morgan fingerprint density at radius 2 is 1.87 bits per heavy atom. The van der Waals surface area contributed by atoms with Crippen LogP contribution in [0.2, 0.25) is 0 Å². The molecule has 1 fully saturated rings. The van der Waals surface area contributed by atoms with Crippen molar-refractivity contribution in [2.24, 2.45) is 5.84 Å². The summed E-state index contributed by atoms with van der Waals surface area (Å²) in [6.45, 7) is 1.29. The predicted molar refractivity (Wildman–Crippen MR) is 60.6 cm³/mol. The summed E-state index contributed by atoms with van der Waals surface area (Å²) in [5, 5.41) is 0. The largest absolute Gasteiger partial charge is 0.378 e. The summed E-state index contributed by atoms with van der Waals surface area (Å²) in [6.07, 6.45) is 0. The number of anilines is 1. The molecule has 1 aromatic rings. The first-order valence-electron chi connectivity index (χ1n) is 5.01. The molecule has 0 saturated carbocycles. The van der Waals surface area contributed by atoms with Crippen molar-refractivity contribution < 1.29 is 4.74 Å². The monoisotopic (exact) mass is 207 g/mol. The molecule has 0 amide bonds. The van der Waals surface area contributed by atoms with Gasteiger partial charge in [0, 0.05) is 19.8 Å². The molecule has 0 aliphatic carbocycles. The molecule has 4 nitrogen and oxygen atoms in total. The predicted octanol–water partition coefficient (Wildman–Crippen LogP) is 0.441. The van der Waals surface area contributed by atoms with Crippen LogP contribution in [-0.4, -0.2) is 27.3 Å². The minimum absolute atomic E-state index is 0.176. The lowest BCUT2D eigenvalue weighted by atomic mass is 9.89. The molecule has 1 aliphatic heterocycles. The highest BCUT2D eigenvalue weighted by molar-refractivity contribution is 5.47. The molecule has 1 saturated heterocycles. The Morgan fingerprint density at radius 1 is 1.27 bits per heavy atom. The van der Waals surface area contributed by atoms with Gasteiger partial charge < -0.3 is 9.64 Å². The van der Waals surface area contributed by atoms with Crippen molar-refractivity contribution in [3.63, 3.8) is 0 Å². The van der Waals surface area contributed by atoms with Crippen molar-refractivity contribution in [1.82, 2.24) is 5.43 Å². The first-order valence-corrected chi connectivity index (χ1v) is 5.01. The molecule has 3 N–H and O–H groups in total. The van der Waals surface area contributed by atoms with Gasteiger partial charge in [-0.15, -0.1) is 0 Å². The van der Waals surface area contributed by atoms with Crippen molar-refractivity contribution in [2.75, 3.05) is 32.2 Å². The molecular formula is C11H17N3O. The van der Waals surface area contributed by atoms with Crippen LogP contribution in [0.15, 0.2) is 24.3 Å². The molecule has 0 radical (unpaired) electrons. The fourth-order valence-corrected chi connectivity index (χ4v) is 1.72. The van der Waals surface area contributed by atoms with Crippen molar-refractivity contribution >= 4 is 5.69 Å². The second-order valence-corrected chi connectivity index (χ2v) is 4.16. The van der Waals surface area contributed by atoms with Crippen LogP contribution in [0.3, 0.4) is 0 Å². The number of ether oxygens (including phenoxy) is 1. The molecule has 1 aromatic carbocycles. The Labute approximate surface area is 90.0 Å². The van der Waals surface area contributed by atoms with Gasteiger partial charge in [-0.05, 0) is 17.7 Å². The third kappa shape index (κ3) is 1.71. The van der Waals surface area contributed by atoms with Crippen molar-refractivity contribution in [1.29, 1.82) is 0 Å². The molecule has 2 rings (SSSR count). The summed E-state index contributed by atoms with van der Waals surface area (Å²) in [5.74, 6) is 5.56. The lowest BCUT2D eigenvalue weighted by Gasteiger charge is -2.41. The van der Waals surface area contributed by atoms with Gasteiger partial charge in [0.2, 0.25) is 0 Å². The molecule has 0 atom stereocenters.